The van der Waals surface area contributed by atoms with Crippen molar-refractivity contribution in [3.63, 3.8) is 0 Å². The Morgan fingerprint density at radius 2 is 0.750 bits per heavy atom. The number of hydrogen-bond acceptors (Lipinski definition) is 2. The van der Waals surface area contributed by atoms with Crippen molar-refractivity contribution < 1.29 is 98.8 Å². The summed E-state index contributed by atoms with van der Waals surface area (Å²) in [5, 5.41) is 0. The molecule has 0 saturated heterocycles. The van der Waals surface area contributed by atoms with Gasteiger partial charge in [0.1, 0.15) is 0 Å². The minimum Gasteiger partial charge on any atom is -0.813 e. The number of hydrogen-bond donors (Lipinski definition) is 0. The van der Waals surface area contributed by atoms with E-state index < -0.39 is 0 Å². The zero-order valence-corrected chi connectivity index (χ0v) is 8.29. The van der Waals surface area contributed by atoms with E-state index in [0.29, 0.717) is 0 Å². The Hall–Kier alpha value is 3.87. The van der Waals surface area contributed by atoms with Crippen molar-refractivity contribution in [2.24, 2.45) is 0 Å². The summed E-state index contributed by atoms with van der Waals surface area (Å²) in [4.78, 5) is 0. The minimum atomic E-state index is 0. The molecule has 0 nitrogen and oxygen atoms in total. The topological polar surface area (TPSA) is 0 Å². The van der Waals surface area contributed by atoms with Gasteiger partial charge in [-0.05, 0) is 0 Å². The van der Waals surface area contributed by atoms with Crippen LogP contribution in [0.25, 0.3) is 0 Å². The van der Waals surface area contributed by atoms with E-state index in [1.54, 1.807) is 0 Å². The summed E-state index contributed by atoms with van der Waals surface area (Å²) in [7, 11) is 0. The summed E-state index contributed by atoms with van der Waals surface area (Å²) in [6, 6.07) is 0. The molecule has 0 fully saturated rings. The third-order valence-corrected chi connectivity index (χ3v) is 0. The van der Waals surface area contributed by atoms with Gasteiger partial charge >= 0.3 is 49.4 Å². The van der Waals surface area contributed by atoms with Gasteiger partial charge < -0.3 is 27.0 Å². The average molecular weight is 370 g/mol. The monoisotopic (exact) mass is 372 g/mol. The van der Waals surface area contributed by atoms with Crippen LogP contribution in [-0.4, -0.2) is 0 Å². The number of thiol groups is 2. The van der Waals surface area contributed by atoms with E-state index in [1.807, 2.05) is 0 Å². The van der Waals surface area contributed by atoms with Crippen molar-refractivity contribution in [1.82, 2.24) is 0 Å². The second kappa shape index (κ2) is 15.8. The van der Waals surface area contributed by atoms with Crippen molar-refractivity contribution in [3.05, 3.63) is 0 Å². The fraction of sp³-hybridized carbons (Fsp3) is 0. The van der Waals surface area contributed by atoms with E-state index in [9.17, 15) is 0 Å². The molecule has 2 radical (unpaired) electrons. The maximum Gasteiger partial charge on any atom is 2.00 e. The first kappa shape index (κ1) is 24.8. The quantitative estimate of drug-likeness (QED) is 0.415. The van der Waals surface area contributed by atoms with Gasteiger partial charge in [0.25, 0.3) is 0 Å². The zero-order valence-electron chi connectivity index (χ0n) is 1.65. The summed E-state index contributed by atoms with van der Waals surface area (Å²) in [6.45, 7) is 0. The van der Waals surface area contributed by atoms with Gasteiger partial charge in [0.15, 0.2) is 0 Å². The molecule has 0 aromatic rings. The Kier molecular flexibility index (Phi) is 98.0. The predicted molar refractivity (Wildman–Crippen MR) is 17.5 cm³/mol. The van der Waals surface area contributed by atoms with Crippen LogP contribution in [0.1, 0.15) is 0 Å². The van der Waals surface area contributed by atoms with Crippen LogP contribution < -0.4 is 0 Å². The molecule has 28 valence electrons. The molecule has 0 aliphatic rings. The molecule has 0 saturated carbocycles. The fourth-order valence-electron chi connectivity index (χ4n) is 0. The van der Waals surface area contributed by atoms with Crippen LogP contribution in [0.5, 0.6) is 0 Å². The molecule has 0 spiro atoms. The van der Waals surface area contributed by atoms with Gasteiger partial charge in [0.2, 0.25) is 0 Å². The number of rotatable bonds is 0. The van der Waals surface area contributed by atoms with E-state index in [0.717, 1.165) is 0 Å². The first-order valence-corrected chi connectivity index (χ1v) is 0. The third kappa shape index (κ3) is 9.29. The maximum absolute atomic E-state index is 0. The van der Waals surface area contributed by atoms with E-state index >= 15 is 0 Å². The Balaban J connectivity index is 0. The molecule has 0 bridgehead atoms. The zero-order chi connectivity index (χ0) is 0. The molecule has 0 heterocycles. The van der Waals surface area contributed by atoms with Gasteiger partial charge in [0, 0.05) is 49.4 Å². The van der Waals surface area contributed by atoms with Crippen LogP contribution in [-0.2, 0) is 27.0 Å². The first-order valence-electron chi connectivity index (χ1n) is 0. The molecular formula is H2Eu2S2. The van der Waals surface area contributed by atoms with Crippen LogP contribution >= 0.6 is 0 Å². The maximum atomic E-state index is 0. The molecule has 0 aromatic carbocycles. The predicted octanol–water partition coefficient (Wildman–Crippen LogP) is -0.540. The summed E-state index contributed by atoms with van der Waals surface area (Å²) in [5.74, 6) is 0. The van der Waals surface area contributed by atoms with Crippen molar-refractivity contribution >= 4 is 27.0 Å². The largest absolute Gasteiger partial charge is 2.00 e. The Bertz CT molecular complexity index is 4.00. The Labute approximate surface area is 122 Å². The van der Waals surface area contributed by atoms with Crippen molar-refractivity contribution in [2.75, 3.05) is 0 Å². The van der Waals surface area contributed by atoms with E-state index in [1.165, 1.54) is 0 Å². The van der Waals surface area contributed by atoms with Gasteiger partial charge in [0.05, 0.1) is 0 Å². The van der Waals surface area contributed by atoms with Gasteiger partial charge in [-0.15, -0.1) is 0 Å². The molecule has 0 aliphatic heterocycles. The van der Waals surface area contributed by atoms with Crippen LogP contribution in [0.2, 0.25) is 0 Å². The molecule has 0 unspecified atom stereocenters. The summed E-state index contributed by atoms with van der Waals surface area (Å²) >= 11 is 0. The second-order valence-electron chi connectivity index (χ2n) is 0. The smallest absolute Gasteiger partial charge is 0.813 e. The van der Waals surface area contributed by atoms with E-state index in [2.05, 4.69) is 0 Å². The van der Waals surface area contributed by atoms with Crippen molar-refractivity contribution in [3.8, 4) is 0 Å². The minimum absolute atomic E-state index is 0. The summed E-state index contributed by atoms with van der Waals surface area (Å²) in [5.41, 5.74) is 0. The van der Waals surface area contributed by atoms with Gasteiger partial charge in [-0.25, -0.2) is 0 Å². The Morgan fingerprint density at radius 1 is 0.750 bits per heavy atom. The standard InChI is InChI=1S/2Eu.2H2S/h;;2*1H2/q;+2;;/p-2. The molecule has 4 heteroatoms. The molecule has 0 aliphatic carbocycles. The van der Waals surface area contributed by atoms with Gasteiger partial charge in [-0.3, -0.25) is 0 Å². The first-order chi connectivity index (χ1) is 0. The van der Waals surface area contributed by atoms with Gasteiger partial charge in [-0.2, -0.15) is 0 Å². The van der Waals surface area contributed by atoms with Crippen LogP contribution in [0, 0.1) is 98.8 Å². The molecule has 0 rings (SSSR count). The van der Waals surface area contributed by atoms with Crippen LogP contribution in [0.3, 0.4) is 0 Å². The molecule has 0 aromatic heterocycles. The second-order valence-corrected chi connectivity index (χ2v) is 0. The van der Waals surface area contributed by atoms with Crippen molar-refractivity contribution in [2.45, 2.75) is 0 Å². The molecule has 0 amide bonds. The molecule has 0 atom stereocenters. The van der Waals surface area contributed by atoms with E-state index in [-0.39, 0.29) is 126 Å². The van der Waals surface area contributed by atoms with E-state index in [4.69, 9.17) is 0 Å². The molecule has 4 heavy (non-hydrogen) atoms. The normalized spacial score (nSPS) is 0. The molecule has 0 N–H and O–H groups in total. The molecular weight excluding hydrogens is 368 g/mol. The fourth-order valence-corrected chi connectivity index (χ4v) is 0. The average Bonchev–Trinajstić information content (AvgIpc) is 0. The third-order valence-electron chi connectivity index (χ3n) is 0. The van der Waals surface area contributed by atoms with Crippen LogP contribution in [0.4, 0.5) is 0 Å². The summed E-state index contributed by atoms with van der Waals surface area (Å²) in [6.07, 6.45) is 0. The Morgan fingerprint density at radius 3 is 0.750 bits per heavy atom. The van der Waals surface area contributed by atoms with Crippen molar-refractivity contribution in [1.29, 1.82) is 0 Å². The SMILES string of the molecule is [Eu+2].[Eu].[SH-].[SH-]. The van der Waals surface area contributed by atoms with Gasteiger partial charge in [-0.1, -0.05) is 0 Å². The van der Waals surface area contributed by atoms with Crippen LogP contribution in [0.15, 0.2) is 0 Å². The summed E-state index contributed by atoms with van der Waals surface area (Å²) < 4.78 is 0.